The summed E-state index contributed by atoms with van der Waals surface area (Å²) in [6, 6.07) is 1.52. The zero-order chi connectivity index (χ0) is 5.98. The van der Waals surface area contributed by atoms with Gasteiger partial charge in [-0.05, 0) is 6.07 Å². The van der Waals surface area contributed by atoms with Gasteiger partial charge in [0.25, 0.3) is 0 Å². The molecule has 0 aliphatic rings. The number of nitrogens with one attached hydrogen (secondary N) is 1. The van der Waals surface area contributed by atoms with E-state index in [1.807, 2.05) is 0 Å². The summed E-state index contributed by atoms with van der Waals surface area (Å²) in [7, 11) is 0. The number of H-pyrrole nitrogens is 1. The highest BCUT2D eigenvalue weighted by atomic mass is 16.1. The first-order valence-corrected chi connectivity index (χ1v) is 2.10. The smallest absolute Gasteiger partial charge is 0.346 e. The second-order valence-electron chi connectivity index (χ2n) is 1.33. The molecule has 5 nitrogen and oxygen atoms in total. The van der Waals surface area contributed by atoms with Crippen molar-refractivity contribution in [1.29, 1.82) is 0 Å². The molecule has 1 rings (SSSR count). The van der Waals surface area contributed by atoms with Crippen LogP contribution in [-0.4, -0.2) is 9.97 Å². The van der Waals surface area contributed by atoms with E-state index in [9.17, 15) is 4.79 Å². The lowest BCUT2D eigenvalue weighted by Crippen LogP contribution is -2.10. The normalized spacial score (nSPS) is 8.00. The van der Waals surface area contributed by atoms with E-state index in [1.54, 1.807) is 0 Å². The zero-order valence-corrected chi connectivity index (χ0v) is 4.79. The van der Waals surface area contributed by atoms with Gasteiger partial charge in [-0.15, -0.1) is 0 Å². The van der Waals surface area contributed by atoms with Crippen molar-refractivity contribution in [3.05, 3.63) is 22.7 Å². The number of aromatic amines is 1. The number of nitrogens with zero attached hydrogens (tertiary/aromatic N) is 1. The highest BCUT2D eigenvalue weighted by Gasteiger charge is 1.80. The Bertz CT molecular complexity index is 230. The van der Waals surface area contributed by atoms with Gasteiger partial charge in [0, 0.05) is 6.20 Å². The van der Waals surface area contributed by atoms with Crippen molar-refractivity contribution in [1.82, 2.24) is 16.1 Å². The highest BCUT2D eigenvalue weighted by molar-refractivity contribution is 5.22. The molecule has 0 unspecified atom stereocenters. The molecule has 0 saturated heterocycles. The van der Waals surface area contributed by atoms with E-state index in [2.05, 4.69) is 9.97 Å². The molecule has 0 aliphatic heterocycles. The van der Waals surface area contributed by atoms with Gasteiger partial charge in [0.15, 0.2) is 0 Å². The van der Waals surface area contributed by atoms with Gasteiger partial charge in [-0.2, -0.15) is 0 Å². The Balaban J connectivity index is 0.000000640. The summed E-state index contributed by atoms with van der Waals surface area (Å²) in [6.45, 7) is 0. The predicted octanol–water partition coefficient (Wildman–Crippen LogP) is -0.486. The number of anilines is 1. The van der Waals surface area contributed by atoms with Gasteiger partial charge in [-0.1, -0.05) is 0 Å². The fourth-order valence-electron chi connectivity index (χ4n) is 0.383. The second-order valence-corrected chi connectivity index (χ2v) is 1.33. The lowest BCUT2D eigenvalue weighted by molar-refractivity contribution is 1.08. The minimum atomic E-state index is -0.412. The largest absolute Gasteiger partial charge is 0.385 e. The van der Waals surface area contributed by atoms with Crippen LogP contribution in [0.25, 0.3) is 0 Å². The third kappa shape index (κ3) is 1.92. The van der Waals surface area contributed by atoms with Gasteiger partial charge < -0.3 is 11.9 Å². The van der Waals surface area contributed by atoms with Crippen LogP contribution in [0.15, 0.2) is 17.1 Å². The van der Waals surface area contributed by atoms with E-state index < -0.39 is 5.69 Å². The number of hydrogen-bond donors (Lipinski definition) is 3. The summed E-state index contributed by atoms with van der Waals surface area (Å²) in [5, 5.41) is 0. The van der Waals surface area contributed by atoms with Crippen molar-refractivity contribution < 1.29 is 0 Å². The molecule has 5 heteroatoms. The Morgan fingerprint density at radius 2 is 2.33 bits per heavy atom. The summed E-state index contributed by atoms with van der Waals surface area (Å²) in [6.07, 6.45) is 1.36. The number of aromatic nitrogens is 2. The Hall–Kier alpha value is -1.36. The predicted molar refractivity (Wildman–Crippen MR) is 34.3 cm³/mol. The molecule has 6 N–H and O–H groups in total. The van der Waals surface area contributed by atoms with Crippen molar-refractivity contribution in [2.45, 2.75) is 0 Å². The molecule has 0 aliphatic carbocycles. The maximum atomic E-state index is 10.2. The van der Waals surface area contributed by atoms with Gasteiger partial charge in [0.2, 0.25) is 0 Å². The molecule has 0 saturated carbocycles. The van der Waals surface area contributed by atoms with Crippen molar-refractivity contribution in [2.75, 3.05) is 5.73 Å². The van der Waals surface area contributed by atoms with E-state index >= 15 is 0 Å². The summed E-state index contributed by atoms with van der Waals surface area (Å²) >= 11 is 0. The fourth-order valence-corrected chi connectivity index (χ4v) is 0.383. The van der Waals surface area contributed by atoms with Crippen LogP contribution in [0.3, 0.4) is 0 Å². The third-order valence-corrected chi connectivity index (χ3v) is 0.697. The zero-order valence-electron chi connectivity index (χ0n) is 4.79. The van der Waals surface area contributed by atoms with Crippen molar-refractivity contribution >= 4 is 5.82 Å². The Morgan fingerprint density at radius 3 is 2.67 bits per heavy atom. The first-order chi connectivity index (χ1) is 3.79. The molecular weight excluding hydrogens is 120 g/mol. The van der Waals surface area contributed by atoms with Gasteiger partial charge >= 0.3 is 5.69 Å². The Kier molecular flexibility index (Phi) is 2.40. The minimum absolute atomic E-state index is 0. The number of nitrogen functional groups attached to an aromatic ring is 1. The third-order valence-electron chi connectivity index (χ3n) is 0.697. The van der Waals surface area contributed by atoms with Crippen LogP contribution in [0.2, 0.25) is 0 Å². The molecule has 1 heterocycles. The Morgan fingerprint density at radius 1 is 1.67 bits per heavy atom. The van der Waals surface area contributed by atoms with E-state index in [-0.39, 0.29) is 6.15 Å². The maximum absolute atomic E-state index is 10.2. The van der Waals surface area contributed by atoms with Gasteiger partial charge in [0.05, 0.1) is 0 Å². The van der Waals surface area contributed by atoms with Crippen molar-refractivity contribution in [2.24, 2.45) is 0 Å². The average molecular weight is 128 g/mol. The average Bonchev–Trinajstić information content (AvgIpc) is 1.64. The fraction of sp³-hybridized carbons (Fsp3) is 0. The first kappa shape index (κ1) is 7.64. The number of nitrogens with two attached hydrogens (primary N) is 1. The maximum Gasteiger partial charge on any atom is 0.346 e. The molecule has 1 aromatic rings. The van der Waals surface area contributed by atoms with Crippen LogP contribution in [0.1, 0.15) is 0 Å². The van der Waals surface area contributed by atoms with Crippen LogP contribution in [-0.2, 0) is 0 Å². The van der Waals surface area contributed by atoms with Crippen LogP contribution in [0.5, 0.6) is 0 Å². The van der Waals surface area contributed by atoms with Crippen LogP contribution < -0.4 is 17.6 Å². The summed E-state index contributed by atoms with van der Waals surface area (Å²) < 4.78 is 0. The Labute approximate surface area is 51.5 Å². The van der Waals surface area contributed by atoms with Crippen LogP contribution in [0, 0.1) is 0 Å². The minimum Gasteiger partial charge on any atom is -0.385 e. The second kappa shape index (κ2) is 2.83. The molecule has 0 bridgehead atoms. The molecule has 0 fully saturated rings. The first-order valence-electron chi connectivity index (χ1n) is 2.10. The standard InChI is InChI=1S/C4H5N3O.H3N/c5-3-1-2-6-4(8)7-3;/h1-2H,(H3,5,6,7,8);1H3. The molecule has 9 heavy (non-hydrogen) atoms. The lowest BCUT2D eigenvalue weighted by atomic mass is 10.6. The molecule has 1 aromatic heterocycles. The van der Waals surface area contributed by atoms with E-state index in [1.165, 1.54) is 12.3 Å². The topological polar surface area (TPSA) is 107 Å². The molecular formula is C4H8N4O. The molecule has 0 aromatic carbocycles. The van der Waals surface area contributed by atoms with E-state index in [0.717, 1.165) is 0 Å². The highest BCUT2D eigenvalue weighted by Crippen LogP contribution is 1.82. The van der Waals surface area contributed by atoms with E-state index in [0.29, 0.717) is 5.82 Å². The molecule has 0 amide bonds. The molecule has 50 valence electrons. The van der Waals surface area contributed by atoms with Crippen LogP contribution in [0.4, 0.5) is 5.82 Å². The monoisotopic (exact) mass is 128 g/mol. The molecule has 0 atom stereocenters. The summed E-state index contributed by atoms with van der Waals surface area (Å²) in [5.74, 6) is 0.338. The summed E-state index contributed by atoms with van der Waals surface area (Å²) in [5.41, 5.74) is 4.75. The number of rotatable bonds is 0. The quantitative estimate of drug-likeness (QED) is 0.438. The van der Waals surface area contributed by atoms with Crippen molar-refractivity contribution in [3.63, 3.8) is 0 Å². The summed E-state index contributed by atoms with van der Waals surface area (Å²) in [4.78, 5) is 15.9. The molecule has 0 radical (unpaired) electrons. The molecule has 0 spiro atoms. The van der Waals surface area contributed by atoms with Gasteiger partial charge in [0.1, 0.15) is 5.82 Å². The van der Waals surface area contributed by atoms with Gasteiger partial charge in [-0.3, -0.25) is 4.98 Å². The van der Waals surface area contributed by atoms with Crippen LogP contribution >= 0.6 is 0 Å². The van der Waals surface area contributed by atoms with Crippen molar-refractivity contribution in [3.8, 4) is 0 Å². The lowest BCUT2D eigenvalue weighted by Gasteiger charge is -1.84. The van der Waals surface area contributed by atoms with Gasteiger partial charge in [-0.25, -0.2) is 9.78 Å². The van der Waals surface area contributed by atoms with E-state index in [4.69, 9.17) is 5.73 Å². The number of hydrogen-bond acceptors (Lipinski definition) is 4. The SMILES string of the molecule is N.Nc1ccnc(=O)[nH]1.